The van der Waals surface area contributed by atoms with Gasteiger partial charge in [0.15, 0.2) is 0 Å². The first-order valence-electron chi connectivity index (χ1n) is 3.83. The Bertz CT molecular complexity index is 280. The van der Waals surface area contributed by atoms with Crippen LogP contribution < -0.4 is 0 Å². The van der Waals surface area contributed by atoms with Crippen LogP contribution in [-0.2, 0) is 4.79 Å². The molecule has 0 aliphatic carbocycles. The van der Waals surface area contributed by atoms with Gasteiger partial charge < -0.3 is 4.79 Å². The zero-order valence-corrected chi connectivity index (χ0v) is 8.71. The summed E-state index contributed by atoms with van der Waals surface area (Å²) in [6.45, 7) is 3.64. The number of ketones is 1. The third-order valence-electron chi connectivity index (χ3n) is 1.69. The molecule has 66 valence electrons. The van der Waals surface area contributed by atoms with E-state index < -0.39 is 0 Å². The van der Waals surface area contributed by atoms with Gasteiger partial charge in [-0.1, -0.05) is 18.5 Å². The van der Waals surface area contributed by atoms with Crippen LogP contribution in [0.3, 0.4) is 0 Å². The second-order valence-electron chi connectivity index (χ2n) is 2.94. The summed E-state index contributed by atoms with van der Waals surface area (Å²) in [4.78, 5) is 11.9. The van der Waals surface area contributed by atoms with Gasteiger partial charge in [-0.2, -0.15) is 0 Å². The molecule has 0 amide bonds. The third kappa shape index (κ3) is 2.32. The summed E-state index contributed by atoms with van der Waals surface area (Å²) in [7, 11) is 0. The Kier molecular flexibility index (Phi) is 3.29. The van der Waals surface area contributed by atoms with Gasteiger partial charge in [0.25, 0.3) is 0 Å². The summed E-state index contributed by atoms with van der Waals surface area (Å²) in [6.07, 6.45) is 0.584. The van der Waals surface area contributed by atoms with Crippen LogP contribution in [-0.4, -0.2) is 5.78 Å². The van der Waals surface area contributed by atoms with Gasteiger partial charge >= 0.3 is 0 Å². The fourth-order valence-electron chi connectivity index (χ4n) is 1.18. The average Bonchev–Trinajstić information content (AvgIpc) is 2.33. The topological polar surface area (TPSA) is 17.1 Å². The zero-order chi connectivity index (χ0) is 9.14. The van der Waals surface area contributed by atoms with Crippen molar-refractivity contribution in [2.45, 2.75) is 26.2 Å². The van der Waals surface area contributed by atoms with E-state index in [1.807, 2.05) is 18.4 Å². The van der Waals surface area contributed by atoms with Crippen molar-refractivity contribution in [2.75, 3.05) is 0 Å². The molecule has 0 aromatic carbocycles. The minimum absolute atomic E-state index is 0.215. The lowest BCUT2D eigenvalue weighted by atomic mass is 10.0. The lowest BCUT2D eigenvalue weighted by Gasteiger charge is -2.06. The highest BCUT2D eigenvalue weighted by molar-refractivity contribution is 7.10. The van der Waals surface area contributed by atoms with Crippen molar-refractivity contribution in [3.63, 3.8) is 0 Å². The van der Waals surface area contributed by atoms with Crippen molar-refractivity contribution >= 4 is 28.7 Å². The molecule has 3 heteroatoms. The first-order chi connectivity index (χ1) is 5.61. The summed E-state index contributed by atoms with van der Waals surface area (Å²) in [5.74, 6) is 0.474. The largest absolute Gasteiger partial charge is 0.300 e. The maximum atomic E-state index is 10.8. The Hall–Kier alpha value is -0.340. The first kappa shape index (κ1) is 9.75. The van der Waals surface area contributed by atoms with Crippen LogP contribution >= 0.6 is 22.9 Å². The van der Waals surface area contributed by atoms with Crippen LogP contribution in [0.5, 0.6) is 0 Å². The molecule has 1 unspecified atom stereocenters. The van der Waals surface area contributed by atoms with E-state index in [0.29, 0.717) is 6.42 Å². The smallest absolute Gasteiger partial charge is 0.130 e. The fraction of sp³-hybridized carbons (Fsp3) is 0.444. The van der Waals surface area contributed by atoms with E-state index in [1.54, 1.807) is 18.3 Å². The number of hydrogen-bond acceptors (Lipinski definition) is 2. The van der Waals surface area contributed by atoms with Crippen LogP contribution in [0.15, 0.2) is 11.4 Å². The Labute approximate surface area is 81.4 Å². The van der Waals surface area contributed by atoms with E-state index in [2.05, 4.69) is 0 Å². The van der Waals surface area contributed by atoms with Gasteiger partial charge in [0.2, 0.25) is 0 Å². The lowest BCUT2D eigenvalue weighted by Crippen LogP contribution is -1.98. The molecule has 0 aliphatic heterocycles. The lowest BCUT2D eigenvalue weighted by molar-refractivity contribution is -0.117. The molecule has 1 heterocycles. The van der Waals surface area contributed by atoms with Crippen LogP contribution in [0, 0.1) is 0 Å². The highest BCUT2D eigenvalue weighted by Crippen LogP contribution is 2.31. The second kappa shape index (κ2) is 4.06. The van der Waals surface area contributed by atoms with Gasteiger partial charge in [0.1, 0.15) is 5.78 Å². The molecule has 0 radical (unpaired) electrons. The molecular formula is C9H11ClOS. The zero-order valence-electron chi connectivity index (χ0n) is 7.13. The molecule has 1 rings (SSSR count). The van der Waals surface area contributed by atoms with Gasteiger partial charge in [-0.15, -0.1) is 11.3 Å². The van der Waals surface area contributed by atoms with Crippen LogP contribution in [0.1, 0.15) is 31.1 Å². The molecule has 0 fully saturated rings. The number of rotatable bonds is 3. The second-order valence-corrected chi connectivity index (χ2v) is 4.29. The molecule has 1 atom stereocenters. The minimum Gasteiger partial charge on any atom is -0.300 e. The quantitative estimate of drug-likeness (QED) is 0.734. The Morgan fingerprint density at radius 3 is 2.83 bits per heavy atom. The molecule has 1 nitrogen and oxygen atoms in total. The summed E-state index contributed by atoms with van der Waals surface area (Å²) in [5.41, 5.74) is 0. The van der Waals surface area contributed by atoms with Crippen LogP contribution in [0.2, 0.25) is 5.02 Å². The van der Waals surface area contributed by atoms with Gasteiger partial charge in [-0.3, -0.25) is 0 Å². The first-order valence-corrected chi connectivity index (χ1v) is 5.09. The van der Waals surface area contributed by atoms with Crippen LogP contribution in [0.4, 0.5) is 0 Å². The van der Waals surface area contributed by atoms with E-state index in [4.69, 9.17) is 11.6 Å². The SMILES string of the molecule is CC(=O)CC(C)c1sccc1Cl. The van der Waals surface area contributed by atoms with Crippen molar-refractivity contribution in [1.82, 2.24) is 0 Å². The highest BCUT2D eigenvalue weighted by Gasteiger charge is 2.12. The standard InChI is InChI=1S/C9H11ClOS/c1-6(5-7(2)11)9-8(10)3-4-12-9/h3-4,6H,5H2,1-2H3. The van der Waals surface area contributed by atoms with Gasteiger partial charge in [0.05, 0.1) is 5.02 Å². The molecule has 0 spiro atoms. The number of carbonyl (C=O) groups is 1. The van der Waals surface area contributed by atoms with Gasteiger partial charge in [-0.25, -0.2) is 0 Å². The fourth-order valence-corrected chi connectivity index (χ4v) is 2.49. The molecule has 0 N–H and O–H groups in total. The summed E-state index contributed by atoms with van der Waals surface area (Å²) >= 11 is 7.53. The van der Waals surface area contributed by atoms with E-state index in [0.717, 1.165) is 9.90 Å². The Morgan fingerprint density at radius 2 is 2.42 bits per heavy atom. The predicted octanol–water partition coefficient (Wildman–Crippen LogP) is 3.48. The Morgan fingerprint density at radius 1 is 1.75 bits per heavy atom. The number of halogens is 1. The molecule has 1 aromatic heterocycles. The summed E-state index contributed by atoms with van der Waals surface area (Å²) in [6, 6.07) is 1.87. The van der Waals surface area contributed by atoms with Crippen molar-refractivity contribution in [3.8, 4) is 0 Å². The maximum Gasteiger partial charge on any atom is 0.130 e. The van der Waals surface area contributed by atoms with E-state index >= 15 is 0 Å². The van der Waals surface area contributed by atoms with Gasteiger partial charge in [-0.05, 0) is 24.3 Å². The number of Topliss-reactive ketones (excluding diaryl/α,β-unsaturated/α-hetero) is 1. The van der Waals surface area contributed by atoms with Crippen molar-refractivity contribution in [3.05, 3.63) is 21.3 Å². The molecule has 0 saturated carbocycles. The summed E-state index contributed by atoms with van der Waals surface area (Å²) in [5, 5.41) is 2.74. The number of thiophene rings is 1. The monoisotopic (exact) mass is 202 g/mol. The Balaban J connectivity index is 2.71. The third-order valence-corrected chi connectivity index (χ3v) is 3.28. The van der Waals surface area contributed by atoms with Crippen molar-refractivity contribution in [2.24, 2.45) is 0 Å². The molecule has 12 heavy (non-hydrogen) atoms. The van der Waals surface area contributed by atoms with E-state index in [1.165, 1.54) is 0 Å². The number of carbonyl (C=O) groups excluding carboxylic acids is 1. The minimum atomic E-state index is 0.215. The van der Waals surface area contributed by atoms with E-state index in [-0.39, 0.29) is 11.7 Å². The molecule has 0 aliphatic rings. The van der Waals surface area contributed by atoms with Crippen molar-refractivity contribution in [1.29, 1.82) is 0 Å². The normalized spacial score (nSPS) is 12.9. The molecule has 1 aromatic rings. The van der Waals surface area contributed by atoms with Crippen molar-refractivity contribution < 1.29 is 4.79 Å². The highest BCUT2D eigenvalue weighted by atomic mass is 35.5. The van der Waals surface area contributed by atoms with Crippen LogP contribution in [0.25, 0.3) is 0 Å². The molecule has 0 saturated heterocycles. The predicted molar refractivity (Wildman–Crippen MR) is 53.0 cm³/mol. The average molecular weight is 203 g/mol. The molecule has 0 bridgehead atoms. The summed E-state index contributed by atoms with van der Waals surface area (Å²) < 4.78 is 0. The molecular weight excluding hydrogens is 192 g/mol. The number of hydrogen-bond donors (Lipinski definition) is 0. The van der Waals surface area contributed by atoms with E-state index in [9.17, 15) is 4.79 Å². The maximum absolute atomic E-state index is 10.8. The van der Waals surface area contributed by atoms with Gasteiger partial charge in [0, 0.05) is 11.3 Å².